The van der Waals surface area contributed by atoms with Gasteiger partial charge >= 0.3 is 5.97 Å². The zero-order valence-electron chi connectivity index (χ0n) is 23.4. The number of carbonyl (C=O) groups excluding carboxylic acids is 2. The molecule has 4 aromatic carbocycles. The molecule has 0 unspecified atom stereocenters. The summed E-state index contributed by atoms with van der Waals surface area (Å²) in [5.74, 6) is 0.643. The van der Waals surface area contributed by atoms with Gasteiger partial charge in [0.25, 0.3) is 5.91 Å². The Morgan fingerprint density at radius 2 is 1.39 bits per heavy atom. The summed E-state index contributed by atoms with van der Waals surface area (Å²) in [6.07, 6.45) is 0.611. The fourth-order valence-corrected chi connectivity index (χ4v) is 5.49. The maximum Gasteiger partial charge on any atom is 0.340 e. The Hall–Kier alpha value is -4.98. The number of phenols is 1. The van der Waals surface area contributed by atoms with Crippen LogP contribution >= 0.6 is 0 Å². The minimum Gasteiger partial charge on any atom is -0.508 e. The summed E-state index contributed by atoms with van der Waals surface area (Å²) in [7, 11) is 7.84. The number of anilines is 2. The number of esters is 1. The van der Waals surface area contributed by atoms with Gasteiger partial charge in [-0.25, -0.2) is 4.79 Å². The molecule has 0 saturated carbocycles. The van der Waals surface area contributed by atoms with E-state index in [1.54, 1.807) is 24.3 Å². The van der Waals surface area contributed by atoms with Crippen molar-refractivity contribution in [2.75, 3.05) is 44.5 Å². The molecule has 4 aromatic rings. The van der Waals surface area contributed by atoms with Crippen molar-refractivity contribution >= 4 is 23.3 Å². The second-order valence-electron chi connectivity index (χ2n) is 10.8. The van der Waals surface area contributed by atoms with E-state index < -0.39 is 11.6 Å². The summed E-state index contributed by atoms with van der Waals surface area (Å²) >= 11 is 0. The predicted octanol–water partition coefficient (Wildman–Crippen LogP) is 5.06. The number of phenolic OH excluding ortho intramolecular Hbond substituents is 1. The molecular weight excluding hydrogens is 518 g/mol. The van der Waals surface area contributed by atoms with Crippen LogP contribution in [0.3, 0.4) is 0 Å². The van der Waals surface area contributed by atoms with Gasteiger partial charge in [-0.1, -0.05) is 18.2 Å². The van der Waals surface area contributed by atoms with E-state index >= 15 is 0 Å². The molecule has 208 valence electrons. The van der Waals surface area contributed by atoms with Crippen molar-refractivity contribution in [2.24, 2.45) is 0 Å². The van der Waals surface area contributed by atoms with Crippen LogP contribution in [0.5, 0.6) is 17.2 Å². The van der Waals surface area contributed by atoms with Crippen LogP contribution in [0, 0.1) is 0 Å². The maximum absolute atomic E-state index is 13.5. The van der Waals surface area contributed by atoms with Crippen molar-refractivity contribution in [3.8, 4) is 17.2 Å². The maximum atomic E-state index is 13.5. The van der Waals surface area contributed by atoms with Crippen LogP contribution in [0.2, 0.25) is 0 Å². The van der Waals surface area contributed by atoms with Crippen molar-refractivity contribution in [2.45, 2.75) is 12.0 Å². The van der Waals surface area contributed by atoms with Gasteiger partial charge in [0.15, 0.2) is 5.60 Å². The Labute approximate surface area is 238 Å². The molecule has 0 fully saturated rings. The lowest BCUT2D eigenvalue weighted by atomic mass is 9.77. The molecule has 2 aliphatic heterocycles. The van der Waals surface area contributed by atoms with E-state index in [1.807, 2.05) is 92.6 Å². The molecule has 6 rings (SSSR count). The zero-order valence-corrected chi connectivity index (χ0v) is 23.4. The molecular formula is C33H31N3O5. The third-order valence-electron chi connectivity index (χ3n) is 7.70. The summed E-state index contributed by atoms with van der Waals surface area (Å²) in [5.41, 5.74) is 4.55. The normalized spacial score (nSPS) is 13.9. The van der Waals surface area contributed by atoms with Gasteiger partial charge in [-0.15, -0.1) is 0 Å². The van der Waals surface area contributed by atoms with Crippen LogP contribution in [0.4, 0.5) is 11.4 Å². The van der Waals surface area contributed by atoms with E-state index in [4.69, 9.17) is 9.47 Å². The number of nitrogens with zero attached hydrogens (tertiary/aromatic N) is 2. The van der Waals surface area contributed by atoms with E-state index in [2.05, 4.69) is 5.32 Å². The molecule has 41 heavy (non-hydrogen) atoms. The summed E-state index contributed by atoms with van der Waals surface area (Å²) in [6.45, 7) is 0.412. The lowest BCUT2D eigenvalue weighted by molar-refractivity contribution is 0.0224. The van der Waals surface area contributed by atoms with Crippen LogP contribution in [-0.2, 0) is 16.8 Å². The number of amides is 1. The monoisotopic (exact) mass is 549 g/mol. The molecule has 0 atom stereocenters. The predicted molar refractivity (Wildman–Crippen MR) is 157 cm³/mol. The van der Waals surface area contributed by atoms with Crippen LogP contribution in [0.25, 0.3) is 0 Å². The van der Waals surface area contributed by atoms with E-state index in [1.165, 1.54) is 0 Å². The minimum atomic E-state index is -1.21. The highest BCUT2D eigenvalue weighted by Crippen LogP contribution is 2.57. The first-order valence-corrected chi connectivity index (χ1v) is 13.4. The van der Waals surface area contributed by atoms with E-state index in [-0.39, 0.29) is 11.7 Å². The second-order valence-corrected chi connectivity index (χ2v) is 10.8. The molecule has 1 spiro atoms. The number of hydrogen-bond acceptors (Lipinski definition) is 7. The van der Waals surface area contributed by atoms with E-state index in [0.717, 1.165) is 28.1 Å². The first kappa shape index (κ1) is 26.3. The number of ether oxygens (including phenoxy) is 2. The Balaban J connectivity index is 1.38. The number of carbonyl (C=O) groups is 2. The third kappa shape index (κ3) is 4.41. The first-order chi connectivity index (χ1) is 19.7. The second kappa shape index (κ2) is 9.89. The number of hydrogen-bond donors (Lipinski definition) is 2. The molecule has 1 amide bonds. The highest BCUT2D eigenvalue weighted by molar-refractivity contribution is 6.01. The van der Waals surface area contributed by atoms with Crippen LogP contribution in [0.1, 0.15) is 43.0 Å². The number of benzene rings is 4. The summed E-state index contributed by atoms with van der Waals surface area (Å²) in [6, 6.07) is 23.8. The molecule has 2 N–H and O–H groups in total. The quantitative estimate of drug-likeness (QED) is 0.325. The third-order valence-corrected chi connectivity index (χ3v) is 7.70. The lowest BCUT2D eigenvalue weighted by Crippen LogP contribution is -2.33. The van der Waals surface area contributed by atoms with Gasteiger partial charge in [-0.2, -0.15) is 0 Å². The van der Waals surface area contributed by atoms with Crippen molar-refractivity contribution < 1.29 is 24.2 Å². The molecule has 0 aromatic heterocycles. The van der Waals surface area contributed by atoms with Crippen molar-refractivity contribution in [3.63, 3.8) is 0 Å². The first-order valence-electron chi connectivity index (χ1n) is 13.4. The Morgan fingerprint density at radius 3 is 1.98 bits per heavy atom. The minimum absolute atomic E-state index is 0.201. The fourth-order valence-electron chi connectivity index (χ4n) is 5.49. The van der Waals surface area contributed by atoms with Gasteiger partial charge in [-0.3, -0.25) is 4.79 Å². The number of fused-ring (bicyclic) bond motifs is 6. The topological polar surface area (TPSA) is 91.3 Å². The lowest BCUT2D eigenvalue weighted by Gasteiger charge is -2.37. The number of aromatic hydroxyl groups is 1. The van der Waals surface area contributed by atoms with Crippen LogP contribution in [-0.4, -0.2) is 51.7 Å². The highest BCUT2D eigenvalue weighted by atomic mass is 16.6. The van der Waals surface area contributed by atoms with Gasteiger partial charge < -0.3 is 29.7 Å². The van der Waals surface area contributed by atoms with Gasteiger partial charge in [0, 0.05) is 80.5 Å². The van der Waals surface area contributed by atoms with Crippen molar-refractivity contribution in [1.29, 1.82) is 0 Å². The van der Waals surface area contributed by atoms with E-state index in [0.29, 0.717) is 41.2 Å². The molecule has 8 nitrogen and oxygen atoms in total. The van der Waals surface area contributed by atoms with Gasteiger partial charge in [0.2, 0.25) is 0 Å². The van der Waals surface area contributed by atoms with Crippen LogP contribution in [0.15, 0.2) is 78.9 Å². The standard InChI is InChI=1S/C33H31N3O5/c1-35(2)22-8-13-27-29(18-22)40-30-19-23(36(3)4)9-14-28(30)33(27)26-12-7-21(17-25(26)32(39)41-33)31(38)34-16-15-20-5-10-24(37)11-6-20/h5-14,17-19,37H,15-16H2,1-4H3,(H,34,38). The molecule has 0 radical (unpaired) electrons. The average molecular weight is 550 g/mol. The number of rotatable bonds is 6. The molecule has 2 heterocycles. The zero-order chi connectivity index (χ0) is 28.9. The molecule has 2 aliphatic rings. The molecule has 0 aliphatic carbocycles. The largest absolute Gasteiger partial charge is 0.508 e. The van der Waals surface area contributed by atoms with Crippen molar-refractivity contribution in [3.05, 3.63) is 112 Å². The smallest absolute Gasteiger partial charge is 0.340 e. The Kier molecular flexibility index (Phi) is 6.33. The van der Waals surface area contributed by atoms with Gasteiger partial charge in [-0.05, 0) is 60.5 Å². The SMILES string of the molecule is CN(C)c1ccc2c(c1)Oc1cc(N(C)C)ccc1C21OC(=O)c2cc(C(=O)NCCc3ccc(O)cc3)ccc21. The fraction of sp³-hybridized carbons (Fsp3) is 0.212. The summed E-state index contributed by atoms with van der Waals surface area (Å²) in [5, 5.41) is 12.4. The molecule has 0 saturated heterocycles. The summed E-state index contributed by atoms with van der Waals surface area (Å²) < 4.78 is 12.7. The molecule has 8 heteroatoms. The van der Waals surface area contributed by atoms with Gasteiger partial charge in [0.05, 0.1) is 5.56 Å². The summed E-state index contributed by atoms with van der Waals surface area (Å²) in [4.78, 5) is 30.5. The van der Waals surface area contributed by atoms with Crippen LogP contribution < -0.4 is 19.9 Å². The average Bonchev–Trinajstić information content (AvgIpc) is 3.25. The van der Waals surface area contributed by atoms with E-state index in [9.17, 15) is 14.7 Å². The van der Waals surface area contributed by atoms with Crippen molar-refractivity contribution in [1.82, 2.24) is 5.32 Å². The van der Waals surface area contributed by atoms with Gasteiger partial charge in [0.1, 0.15) is 17.2 Å². The Bertz CT molecular complexity index is 1620. The molecule has 0 bridgehead atoms. The Morgan fingerprint density at radius 1 is 0.805 bits per heavy atom. The number of nitrogens with one attached hydrogen (secondary N) is 1. The highest BCUT2D eigenvalue weighted by Gasteiger charge is 2.53.